The van der Waals surface area contributed by atoms with Crippen molar-refractivity contribution in [1.29, 1.82) is 0 Å². The quantitative estimate of drug-likeness (QED) is 0.499. The maximum Gasteiger partial charge on any atom is 0.329 e. The fourth-order valence-corrected chi connectivity index (χ4v) is 4.66. The summed E-state index contributed by atoms with van der Waals surface area (Å²) in [4.78, 5) is 35.6. The van der Waals surface area contributed by atoms with E-state index in [9.17, 15) is 18.4 Å². The molecule has 1 aliphatic rings. The van der Waals surface area contributed by atoms with E-state index in [0.29, 0.717) is 43.3 Å². The Morgan fingerprint density at radius 2 is 1.35 bits per heavy atom. The molecule has 0 saturated carbocycles. The highest BCUT2D eigenvalue weighted by molar-refractivity contribution is 5.74. The van der Waals surface area contributed by atoms with Gasteiger partial charge in [-0.25, -0.2) is 13.6 Å². The largest absolute Gasteiger partial charge is 0.340 e. The number of nitrogens with zero attached hydrogens (tertiary/aromatic N) is 5. The SMILES string of the molecule is Cn1c(N2CCN(C(c3ccc(F)cc3)c3ccc(F)cc3)CC2)nc2c1c(=O)[nH]c(=O)n2C. The molecule has 5 rings (SSSR count). The number of aromatic nitrogens is 4. The van der Waals surface area contributed by atoms with E-state index in [1.165, 1.54) is 28.8 Å². The first-order valence-corrected chi connectivity index (χ1v) is 11.0. The zero-order chi connectivity index (χ0) is 24.0. The standard InChI is InChI=1S/C24H24F2N6O2/c1-29-20-21(30(2)24(34)28-22(20)33)27-23(29)32-13-11-31(12-14-32)19(15-3-7-17(25)8-4-15)16-5-9-18(26)10-6-16/h3-10,19H,11-14H2,1-2H3,(H,28,33,34). The van der Waals surface area contributed by atoms with Crippen LogP contribution in [-0.4, -0.2) is 50.2 Å². The summed E-state index contributed by atoms with van der Waals surface area (Å²) in [6.07, 6.45) is 0. The lowest BCUT2D eigenvalue weighted by molar-refractivity contribution is 0.211. The highest BCUT2D eigenvalue weighted by atomic mass is 19.1. The van der Waals surface area contributed by atoms with Gasteiger partial charge in [-0.15, -0.1) is 0 Å². The van der Waals surface area contributed by atoms with Gasteiger partial charge >= 0.3 is 5.69 Å². The van der Waals surface area contributed by atoms with Gasteiger partial charge in [0.2, 0.25) is 5.95 Å². The minimum atomic E-state index is -0.506. The normalized spacial score (nSPS) is 14.9. The molecular weight excluding hydrogens is 442 g/mol. The second-order valence-electron chi connectivity index (χ2n) is 8.49. The van der Waals surface area contributed by atoms with Crippen molar-refractivity contribution in [3.63, 3.8) is 0 Å². The number of benzene rings is 2. The molecule has 3 heterocycles. The summed E-state index contributed by atoms with van der Waals surface area (Å²) < 4.78 is 30.2. The van der Waals surface area contributed by atoms with Gasteiger partial charge in [0.1, 0.15) is 11.6 Å². The van der Waals surface area contributed by atoms with Gasteiger partial charge in [0.15, 0.2) is 11.2 Å². The second kappa shape index (κ2) is 8.53. The lowest BCUT2D eigenvalue weighted by atomic mass is 9.96. The zero-order valence-electron chi connectivity index (χ0n) is 18.8. The topological polar surface area (TPSA) is 79.2 Å². The summed E-state index contributed by atoms with van der Waals surface area (Å²) in [5.74, 6) is -0.00298. The van der Waals surface area contributed by atoms with E-state index < -0.39 is 11.2 Å². The Hall–Kier alpha value is -3.79. The van der Waals surface area contributed by atoms with Crippen LogP contribution in [0.25, 0.3) is 11.2 Å². The number of anilines is 1. The summed E-state index contributed by atoms with van der Waals surface area (Å²) in [5, 5.41) is 0. The molecule has 1 aliphatic heterocycles. The number of H-pyrrole nitrogens is 1. The average molecular weight is 466 g/mol. The number of aromatic amines is 1. The number of hydrogen-bond donors (Lipinski definition) is 1. The average Bonchev–Trinajstić information content (AvgIpc) is 3.18. The van der Waals surface area contributed by atoms with Crippen LogP contribution in [0.3, 0.4) is 0 Å². The number of fused-ring (bicyclic) bond motifs is 1. The molecule has 0 amide bonds. The number of nitrogens with one attached hydrogen (secondary N) is 1. The number of imidazole rings is 1. The van der Waals surface area contributed by atoms with Crippen molar-refractivity contribution < 1.29 is 8.78 Å². The molecule has 0 aliphatic carbocycles. The molecule has 0 unspecified atom stereocenters. The van der Waals surface area contributed by atoms with E-state index in [4.69, 9.17) is 0 Å². The van der Waals surface area contributed by atoms with E-state index in [1.54, 1.807) is 42.9 Å². The van der Waals surface area contributed by atoms with Crippen LogP contribution in [0.4, 0.5) is 14.7 Å². The first-order chi connectivity index (χ1) is 16.3. The number of halogens is 2. The minimum absolute atomic E-state index is 0.160. The van der Waals surface area contributed by atoms with Crippen LogP contribution in [0, 0.1) is 11.6 Å². The predicted octanol–water partition coefficient (Wildman–Crippen LogP) is 2.15. The van der Waals surface area contributed by atoms with Gasteiger partial charge < -0.3 is 9.47 Å². The number of hydrogen-bond acceptors (Lipinski definition) is 5. The third-order valence-corrected chi connectivity index (χ3v) is 6.44. The van der Waals surface area contributed by atoms with E-state index in [2.05, 4.69) is 19.8 Å². The second-order valence-corrected chi connectivity index (χ2v) is 8.49. The highest BCUT2D eigenvalue weighted by Gasteiger charge is 2.29. The Morgan fingerprint density at radius 3 is 1.88 bits per heavy atom. The van der Waals surface area contributed by atoms with Gasteiger partial charge in [-0.05, 0) is 35.4 Å². The molecule has 2 aromatic carbocycles. The van der Waals surface area contributed by atoms with E-state index >= 15 is 0 Å². The molecule has 0 radical (unpaired) electrons. The van der Waals surface area contributed by atoms with Crippen molar-refractivity contribution in [3.05, 3.63) is 92.1 Å². The Bertz CT molecular complexity index is 1400. The van der Waals surface area contributed by atoms with Crippen LogP contribution in [0.15, 0.2) is 58.1 Å². The minimum Gasteiger partial charge on any atom is -0.340 e. The lowest BCUT2D eigenvalue weighted by Crippen LogP contribution is -2.48. The van der Waals surface area contributed by atoms with Crippen LogP contribution in [0.2, 0.25) is 0 Å². The molecule has 0 spiro atoms. The molecule has 176 valence electrons. The summed E-state index contributed by atoms with van der Waals surface area (Å²) in [5.41, 5.74) is 1.55. The highest BCUT2D eigenvalue weighted by Crippen LogP contribution is 2.31. The number of rotatable bonds is 4. The molecule has 2 aromatic heterocycles. The van der Waals surface area contributed by atoms with Crippen LogP contribution < -0.4 is 16.1 Å². The summed E-state index contributed by atoms with van der Waals surface area (Å²) in [6.45, 7) is 2.58. The van der Waals surface area contributed by atoms with Crippen molar-refractivity contribution in [2.45, 2.75) is 6.04 Å². The van der Waals surface area contributed by atoms with Gasteiger partial charge in [-0.1, -0.05) is 24.3 Å². The van der Waals surface area contributed by atoms with Crippen molar-refractivity contribution >= 4 is 17.1 Å². The fourth-order valence-electron chi connectivity index (χ4n) is 4.66. The Kier molecular flexibility index (Phi) is 5.52. The monoisotopic (exact) mass is 466 g/mol. The Morgan fingerprint density at radius 1 is 0.824 bits per heavy atom. The van der Waals surface area contributed by atoms with Crippen molar-refractivity contribution in [3.8, 4) is 0 Å². The van der Waals surface area contributed by atoms with Gasteiger partial charge in [0.05, 0.1) is 6.04 Å². The maximum absolute atomic E-state index is 13.6. The molecule has 0 atom stereocenters. The first-order valence-electron chi connectivity index (χ1n) is 11.0. The Balaban J connectivity index is 1.44. The van der Waals surface area contributed by atoms with Crippen LogP contribution in [-0.2, 0) is 14.1 Å². The maximum atomic E-state index is 13.6. The lowest BCUT2D eigenvalue weighted by Gasteiger charge is -2.40. The third-order valence-electron chi connectivity index (χ3n) is 6.44. The van der Waals surface area contributed by atoms with Crippen molar-refractivity contribution in [1.82, 2.24) is 24.0 Å². The number of piperazine rings is 1. The fraction of sp³-hybridized carbons (Fsp3) is 0.292. The molecule has 0 bridgehead atoms. The third kappa shape index (κ3) is 3.79. The Labute approximate surface area is 193 Å². The molecular formula is C24H24F2N6O2. The summed E-state index contributed by atoms with van der Waals surface area (Å²) in [7, 11) is 3.34. The first kappa shape index (κ1) is 22.0. The summed E-state index contributed by atoms with van der Waals surface area (Å²) in [6, 6.07) is 12.6. The molecule has 8 nitrogen and oxygen atoms in total. The van der Waals surface area contributed by atoms with Crippen LogP contribution in [0.1, 0.15) is 17.2 Å². The van der Waals surface area contributed by atoms with Gasteiger partial charge in [-0.3, -0.25) is 19.2 Å². The zero-order valence-corrected chi connectivity index (χ0v) is 18.8. The van der Waals surface area contributed by atoms with E-state index in [-0.39, 0.29) is 17.7 Å². The van der Waals surface area contributed by atoms with Crippen LogP contribution >= 0.6 is 0 Å². The van der Waals surface area contributed by atoms with Crippen molar-refractivity contribution in [2.75, 3.05) is 31.1 Å². The van der Waals surface area contributed by atoms with Gasteiger partial charge in [0, 0.05) is 40.3 Å². The molecule has 1 N–H and O–H groups in total. The van der Waals surface area contributed by atoms with Crippen LogP contribution in [0.5, 0.6) is 0 Å². The van der Waals surface area contributed by atoms with Crippen molar-refractivity contribution in [2.24, 2.45) is 14.1 Å². The van der Waals surface area contributed by atoms with E-state index in [1.807, 2.05) is 0 Å². The molecule has 1 saturated heterocycles. The molecule has 4 aromatic rings. The number of aryl methyl sites for hydroxylation is 2. The predicted molar refractivity (Wildman–Crippen MR) is 125 cm³/mol. The van der Waals surface area contributed by atoms with Gasteiger partial charge in [0.25, 0.3) is 5.56 Å². The van der Waals surface area contributed by atoms with Gasteiger partial charge in [-0.2, -0.15) is 4.98 Å². The molecule has 10 heteroatoms. The smallest absolute Gasteiger partial charge is 0.329 e. The molecule has 1 fully saturated rings. The molecule has 34 heavy (non-hydrogen) atoms. The van der Waals surface area contributed by atoms with E-state index in [0.717, 1.165) is 11.1 Å². The summed E-state index contributed by atoms with van der Waals surface area (Å²) >= 11 is 0.